The van der Waals surface area contributed by atoms with Crippen molar-refractivity contribution in [2.45, 2.75) is 26.3 Å². The van der Waals surface area contributed by atoms with Gasteiger partial charge in [-0.05, 0) is 56.1 Å². The molecular formula is C23H30Cl2N6O. The van der Waals surface area contributed by atoms with E-state index in [-0.39, 0.29) is 5.84 Å². The van der Waals surface area contributed by atoms with E-state index in [0.29, 0.717) is 23.2 Å². The third kappa shape index (κ3) is 6.82. The Kier molecular flexibility index (Phi) is 9.14. The van der Waals surface area contributed by atoms with Crippen LogP contribution in [-0.4, -0.2) is 55.1 Å². The number of anilines is 1. The van der Waals surface area contributed by atoms with Gasteiger partial charge < -0.3 is 9.64 Å². The van der Waals surface area contributed by atoms with Crippen molar-refractivity contribution in [3.8, 4) is 5.75 Å². The van der Waals surface area contributed by atoms with Crippen LogP contribution in [0.3, 0.4) is 0 Å². The van der Waals surface area contributed by atoms with E-state index in [2.05, 4.69) is 15.0 Å². The van der Waals surface area contributed by atoms with Gasteiger partial charge in [0.1, 0.15) is 11.6 Å². The Labute approximate surface area is 199 Å². The molecule has 0 aliphatic carbocycles. The molecule has 1 aliphatic rings. The average Bonchev–Trinajstić information content (AvgIpc) is 2.80. The van der Waals surface area contributed by atoms with Crippen molar-refractivity contribution in [1.82, 2.24) is 9.91 Å². The number of hydrogen-bond acceptors (Lipinski definition) is 6. The Morgan fingerprint density at radius 1 is 1.06 bits per heavy atom. The Balaban J connectivity index is 1.32. The smallest absolute Gasteiger partial charge is 0.119 e. The highest BCUT2D eigenvalue weighted by Gasteiger charge is 2.19. The molecule has 32 heavy (non-hydrogen) atoms. The Morgan fingerprint density at radius 3 is 2.44 bits per heavy atom. The van der Waals surface area contributed by atoms with Gasteiger partial charge in [-0.15, -0.1) is 0 Å². The van der Waals surface area contributed by atoms with Gasteiger partial charge in [0.15, 0.2) is 0 Å². The van der Waals surface area contributed by atoms with E-state index in [1.54, 1.807) is 6.92 Å². The summed E-state index contributed by atoms with van der Waals surface area (Å²) in [5, 5.41) is 13.5. The molecule has 0 bridgehead atoms. The number of hydrogen-bond donors (Lipinski definition) is 2. The van der Waals surface area contributed by atoms with Crippen LogP contribution in [0.15, 0.2) is 47.7 Å². The van der Waals surface area contributed by atoms with Crippen LogP contribution < -0.4 is 9.64 Å². The van der Waals surface area contributed by atoms with Gasteiger partial charge in [-0.1, -0.05) is 46.6 Å². The van der Waals surface area contributed by atoms with E-state index in [1.165, 1.54) is 5.01 Å². The van der Waals surface area contributed by atoms with E-state index >= 15 is 0 Å². The highest BCUT2D eigenvalue weighted by Crippen LogP contribution is 2.32. The van der Waals surface area contributed by atoms with Gasteiger partial charge in [-0.25, -0.2) is 5.01 Å². The van der Waals surface area contributed by atoms with Crippen molar-refractivity contribution in [2.24, 2.45) is 5.22 Å². The molecule has 2 aromatic carbocycles. The lowest BCUT2D eigenvalue weighted by molar-refractivity contribution is 0.238. The minimum absolute atomic E-state index is 0.245. The Bertz CT molecular complexity index is 900. The molecule has 3 rings (SSSR count). The highest BCUT2D eigenvalue weighted by atomic mass is 35.5. The zero-order chi connectivity index (χ0) is 22.9. The predicted molar refractivity (Wildman–Crippen MR) is 130 cm³/mol. The van der Waals surface area contributed by atoms with Crippen LogP contribution in [0.5, 0.6) is 5.75 Å². The predicted octanol–water partition coefficient (Wildman–Crippen LogP) is 5.72. The molecule has 0 amide bonds. The lowest BCUT2D eigenvalue weighted by Crippen LogP contribution is -2.46. The van der Waals surface area contributed by atoms with Gasteiger partial charge in [-0.2, -0.15) is 5.53 Å². The van der Waals surface area contributed by atoms with Crippen LogP contribution in [0.2, 0.25) is 10.0 Å². The average molecular weight is 477 g/mol. The summed E-state index contributed by atoms with van der Waals surface area (Å²) in [5.41, 5.74) is 9.13. The van der Waals surface area contributed by atoms with E-state index in [1.807, 2.05) is 42.5 Å². The van der Waals surface area contributed by atoms with Crippen molar-refractivity contribution in [3.63, 3.8) is 0 Å². The number of amidine groups is 1. The largest absolute Gasteiger partial charge is 0.494 e. The third-order valence-electron chi connectivity index (χ3n) is 5.55. The van der Waals surface area contributed by atoms with Crippen LogP contribution in [0.1, 0.15) is 25.3 Å². The van der Waals surface area contributed by atoms with Crippen LogP contribution >= 0.6 is 23.2 Å². The van der Waals surface area contributed by atoms with Crippen LogP contribution in [0, 0.1) is 10.9 Å². The van der Waals surface area contributed by atoms with Crippen molar-refractivity contribution >= 4 is 34.7 Å². The summed E-state index contributed by atoms with van der Waals surface area (Å²) in [6, 6.07) is 13.5. The van der Waals surface area contributed by atoms with Gasteiger partial charge in [0.25, 0.3) is 0 Å². The van der Waals surface area contributed by atoms with Gasteiger partial charge in [0, 0.05) is 26.2 Å². The van der Waals surface area contributed by atoms with Gasteiger partial charge in [0.2, 0.25) is 0 Å². The number of piperazine rings is 1. The molecule has 2 N–H and O–H groups in total. The maximum absolute atomic E-state index is 7.58. The summed E-state index contributed by atoms with van der Waals surface area (Å²) in [6.07, 6.45) is 2.09. The fourth-order valence-electron chi connectivity index (χ4n) is 3.67. The number of nitrogens with one attached hydrogen (secondary N) is 2. The van der Waals surface area contributed by atoms with E-state index in [0.717, 1.165) is 62.6 Å². The summed E-state index contributed by atoms with van der Waals surface area (Å²) in [4.78, 5) is 4.79. The Morgan fingerprint density at radius 2 is 1.78 bits per heavy atom. The molecule has 0 unspecified atom stereocenters. The molecule has 7 nitrogen and oxygen atoms in total. The van der Waals surface area contributed by atoms with Crippen LogP contribution in [0.4, 0.5) is 5.69 Å². The van der Waals surface area contributed by atoms with E-state index in [4.69, 9.17) is 38.9 Å². The molecule has 0 atom stereocenters. The third-order valence-corrected chi connectivity index (χ3v) is 6.35. The zero-order valence-corrected chi connectivity index (χ0v) is 19.9. The van der Waals surface area contributed by atoms with Gasteiger partial charge >= 0.3 is 0 Å². The van der Waals surface area contributed by atoms with Gasteiger partial charge in [-0.3, -0.25) is 10.3 Å². The summed E-state index contributed by atoms with van der Waals surface area (Å²) in [6.45, 7) is 7.71. The van der Waals surface area contributed by atoms with Crippen LogP contribution in [-0.2, 0) is 6.54 Å². The molecule has 0 spiro atoms. The lowest BCUT2D eigenvalue weighted by atomic mass is 10.2. The first kappa shape index (κ1) is 24.3. The number of benzene rings is 2. The summed E-state index contributed by atoms with van der Waals surface area (Å²) in [7, 11) is 0. The second-order valence-electron chi connectivity index (χ2n) is 7.84. The van der Waals surface area contributed by atoms with Crippen molar-refractivity contribution in [2.75, 3.05) is 44.2 Å². The second kappa shape index (κ2) is 12.0. The monoisotopic (exact) mass is 476 g/mol. The first-order valence-electron chi connectivity index (χ1n) is 10.8. The number of nitrogens with zero attached hydrogens (tertiary/aromatic N) is 4. The maximum Gasteiger partial charge on any atom is 0.119 e. The molecular weight excluding hydrogens is 447 g/mol. The fraction of sp³-hybridized carbons (Fsp3) is 0.435. The van der Waals surface area contributed by atoms with Gasteiger partial charge in [0.05, 0.1) is 28.9 Å². The molecule has 9 heteroatoms. The SMILES string of the molecule is CC(=N)N(Cc1ccc(OCCCCN2CCN(c3cccc(Cl)c3Cl)CC2)cc1)N=N. The molecule has 1 aliphatic heterocycles. The lowest BCUT2D eigenvalue weighted by Gasteiger charge is -2.36. The number of rotatable bonds is 10. The Hall–Kier alpha value is -2.35. The van der Waals surface area contributed by atoms with Crippen molar-refractivity contribution in [3.05, 3.63) is 58.1 Å². The number of halogens is 2. The molecule has 2 aromatic rings. The summed E-state index contributed by atoms with van der Waals surface area (Å²) >= 11 is 12.5. The molecule has 1 saturated heterocycles. The quantitative estimate of drug-likeness (QED) is 0.151. The normalized spacial score (nSPS) is 14.3. The number of ether oxygens (including phenoxy) is 1. The van der Waals surface area contributed by atoms with Crippen molar-refractivity contribution in [1.29, 1.82) is 10.9 Å². The first-order chi connectivity index (χ1) is 15.5. The first-order valence-corrected chi connectivity index (χ1v) is 11.6. The minimum Gasteiger partial charge on any atom is -0.494 e. The molecule has 172 valence electrons. The number of unbranched alkanes of at least 4 members (excludes halogenated alkanes) is 1. The molecule has 0 radical (unpaired) electrons. The zero-order valence-electron chi connectivity index (χ0n) is 18.4. The summed E-state index contributed by atoms with van der Waals surface area (Å²) in [5.74, 6) is 1.08. The summed E-state index contributed by atoms with van der Waals surface area (Å²) < 4.78 is 5.86. The van der Waals surface area contributed by atoms with E-state index < -0.39 is 0 Å². The maximum atomic E-state index is 7.58. The molecule has 0 saturated carbocycles. The minimum atomic E-state index is 0.245. The molecule has 1 heterocycles. The van der Waals surface area contributed by atoms with E-state index in [9.17, 15) is 0 Å². The second-order valence-corrected chi connectivity index (χ2v) is 8.63. The van der Waals surface area contributed by atoms with Crippen LogP contribution in [0.25, 0.3) is 0 Å². The molecule has 1 fully saturated rings. The topological polar surface area (TPSA) is 79.0 Å². The van der Waals surface area contributed by atoms with Crippen molar-refractivity contribution < 1.29 is 4.74 Å². The highest BCUT2D eigenvalue weighted by molar-refractivity contribution is 6.43. The molecule has 0 aromatic heterocycles. The fourth-order valence-corrected chi connectivity index (χ4v) is 4.08. The standard InChI is InChI=1S/C23H30Cl2N6O/c1-18(26)31(28-27)17-19-7-9-20(10-8-19)32-16-3-2-11-29-12-14-30(15-13-29)22-6-4-5-21(24)23(22)25/h4-10,26-27H,2-3,11-17H2,1H3.